The van der Waals surface area contributed by atoms with Crippen LogP contribution in [0.2, 0.25) is 0 Å². The zero-order valence-electron chi connectivity index (χ0n) is 24.7. The molecule has 1 aromatic carbocycles. The van der Waals surface area contributed by atoms with E-state index in [1.54, 1.807) is 0 Å². The molecule has 39 heavy (non-hydrogen) atoms. The number of carbonyl (C=O) groups excluding carboxylic acids is 2. The zero-order valence-corrected chi connectivity index (χ0v) is 24.7. The van der Waals surface area contributed by atoms with Crippen LogP contribution in [0, 0.1) is 40.4 Å². The molecule has 0 aliphatic heterocycles. The van der Waals surface area contributed by atoms with Crippen molar-refractivity contribution in [2.75, 3.05) is 10.6 Å². The second-order valence-corrected chi connectivity index (χ2v) is 17.0. The maximum atomic E-state index is 13.3. The predicted octanol–water partition coefficient (Wildman–Crippen LogP) is 7.74. The summed E-state index contributed by atoms with van der Waals surface area (Å²) in [6, 6.07) is 5.56. The van der Waals surface area contributed by atoms with Crippen LogP contribution in [0.1, 0.15) is 110 Å². The van der Waals surface area contributed by atoms with E-state index in [9.17, 15) is 9.59 Å². The summed E-state index contributed by atoms with van der Waals surface area (Å²) in [4.78, 5) is 26.6. The van der Waals surface area contributed by atoms with Gasteiger partial charge in [0.15, 0.2) is 0 Å². The molecule has 212 valence electrons. The number of aryl methyl sites for hydroxylation is 1. The van der Waals surface area contributed by atoms with Gasteiger partial charge in [0, 0.05) is 22.5 Å². The van der Waals surface area contributed by atoms with E-state index in [0.717, 1.165) is 61.6 Å². The third-order valence-corrected chi connectivity index (χ3v) is 11.8. The predicted molar refractivity (Wildman–Crippen MR) is 156 cm³/mol. The smallest absolute Gasteiger partial charge is 0.319 e. The summed E-state index contributed by atoms with van der Waals surface area (Å²) in [7, 11) is 0. The first-order valence-electron chi connectivity index (χ1n) is 15.5. The van der Waals surface area contributed by atoms with Crippen molar-refractivity contribution in [2.45, 2.75) is 123 Å². The van der Waals surface area contributed by atoms with Crippen molar-refractivity contribution in [3.05, 3.63) is 23.8 Å². The van der Waals surface area contributed by atoms with Crippen LogP contribution in [0.15, 0.2) is 18.2 Å². The molecule has 8 bridgehead atoms. The molecule has 8 aliphatic rings. The van der Waals surface area contributed by atoms with Gasteiger partial charge in [0.25, 0.3) is 0 Å². The maximum absolute atomic E-state index is 13.3. The lowest BCUT2D eigenvalue weighted by Gasteiger charge is -2.65. The van der Waals surface area contributed by atoms with Gasteiger partial charge in [-0.3, -0.25) is 0 Å². The highest BCUT2D eigenvalue weighted by Gasteiger charge is 2.61. The van der Waals surface area contributed by atoms with Gasteiger partial charge in [-0.1, -0.05) is 33.8 Å². The highest BCUT2D eigenvalue weighted by molar-refractivity contribution is 5.94. The fourth-order valence-corrected chi connectivity index (χ4v) is 12.8. The highest BCUT2D eigenvalue weighted by atomic mass is 16.2. The lowest BCUT2D eigenvalue weighted by atomic mass is 9.43. The molecule has 4 N–H and O–H groups in total. The van der Waals surface area contributed by atoms with Crippen LogP contribution in [-0.4, -0.2) is 23.1 Å². The second-order valence-electron chi connectivity index (χ2n) is 17.0. The summed E-state index contributed by atoms with van der Waals surface area (Å²) >= 11 is 0. The monoisotopic (exact) mass is 532 g/mol. The molecule has 8 fully saturated rings. The molecule has 8 aliphatic carbocycles. The summed E-state index contributed by atoms with van der Waals surface area (Å²) in [6.45, 7) is 11.7. The topological polar surface area (TPSA) is 82.3 Å². The minimum atomic E-state index is -0.126. The van der Waals surface area contributed by atoms with Gasteiger partial charge in [-0.05, 0) is 135 Å². The molecule has 0 spiro atoms. The van der Waals surface area contributed by atoms with E-state index < -0.39 is 0 Å². The fraction of sp³-hybridized carbons (Fsp3) is 0.758. The van der Waals surface area contributed by atoms with Gasteiger partial charge in [-0.15, -0.1) is 0 Å². The molecular formula is C33H48N4O2. The van der Waals surface area contributed by atoms with Crippen molar-refractivity contribution in [3.63, 3.8) is 0 Å². The number of urea groups is 2. The summed E-state index contributed by atoms with van der Waals surface area (Å²) in [5.74, 6) is 1.45. The SMILES string of the molecule is Cc1ccc(NC(=O)NC23CC4C[C@@](C)(C2)C[C@@](C)(C4)C3)cc1NC(=O)NC12CC3C[C@@](C)(C1)C[C@](C)(C3)C2. The van der Waals surface area contributed by atoms with Gasteiger partial charge in [-0.25, -0.2) is 9.59 Å². The van der Waals surface area contributed by atoms with Gasteiger partial charge in [-0.2, -0.15) is 0 Å². The van der Waals surface area contributed by atoms with E-state index in [1.165, 1.54) is 38.5 Å². The van der Waals surface area contributed by atoms with Crippen LogP contribution in [0.4, 0.5) is 21.0 Å². The maximum Gasteiger partial charge on any atom is 0.319 e. The summed E-state index contributed by atoms with van der Waals surface area (Å²) in [5, 5.41) is 13.1. The summed E-state index contributed by atoms with van der Waals surface area (Å²) < 4.78 is 0. The Morgan fingerprint density at radius 2 is 1.08 bits per heavy atom. The minimum Gasteiger partial charge on any atom is -0.332 e. The molecular weight excluding hydrogens is 484 g/mol. The molecule has 1 aromatic rings. The zero-order chi connectivity index (χ0) is 27.5. The van der Waals surface area contributed by atoms with Crippen LogP contribution in [0.3, 0.4) is 0 Å². The number of carbonyl (C=O) groups is 2. The highest BCUT2D eigenvalue weighted by Crippen LogP contribution is 2.67. The Labute approximate surface area is 234 Å². The Hall–Kier alpha value is -2.24. The lowest BCUT2D eigenvalue weighted by Crippen LogP contribution is -2.65. The molecule has 6 heteroatoms. The Balaban J connectivity index is 1.02. The third-order valence-electron chi connectivity index (χ3n) is 11.8. The van der Waals surface area contributed by atoms with Crippen LogP contribution in [-0.2, 0) is 0 Å². The largest absolute Gasteiger partial charge is 0.332 e. The number of amides is 4. The third kappa shape index (κ3) is 4.54. The van der Waals surface area contributed by atoms with E-state index >= 15 is 0 Å². The molecule has 0 aromatic heterocycles. The van der Waals surface area contributed by atoms with E-state index in [0.29, 0.717) is 27.3 Å². The molecule has 0 heterocycles. The van der Waals surface area contributed by atoms with E-state index in [4.69, 9.17) is 0 Å². The molecule has 6 atom stereocenters. The normalized spacial score (nSPS) is 46.7. The van der Waals surface area contributed by atoms with Crippen LogP contribution < -0.4 is 21.3 Å². The second kappa shape index (κ2) is 7.94. The van der Waals surface area contributed by atoms with E-state index in [1.807, 2.05) is 25.1 Å². The Morgan fingerprint density at radius 3 is 1.51 bits per heavy atom. The summed E-state index contributed by atoms with van der Waals surface area (Å²) in [5.41, 5.74) is 3.66. The first kappa shape index (κ1) is 25.7. The molecule has 0 saturated heterocycles. The van der Waals surface area contributed by atoms with Crippen molar-refractivity contribution >= 4 is 23.4 Å². The molecule has 2 unspecified atom stereocenters. The number of nitrogens with one attached hydrogen (secondary N) is 4. The van der Waals surface area contributed by atoms with Crippen molar-refractivity contribution < 1.29 is 9.59 Å². The van der Waals surface area contributed by atoms with Crippen LogP contribution >= 0.6 is 0 Å². The van der Waals surface area contributed by atoms with Gasteiger partial charge in [0.2, 0.25) is 0 Å². The van der Waals surface area contributed by atoms with Gasteiger partial charge >= 0.3 is 12.1 Å². The van der Waals surface area contributed by atoms with Crippen molar-refractivity contribution in [3.8, 4) is 0 Å². The minimum absolute atomic E-state index is 0.0934. The fourth-order valence-electron chi connectivity index (χ4n) is 12.8. The lowest BCUT2D eigenvalue weighted by molar-refractivity contribution is -0.113. The number of anilines is 2. The molecule has 6 nitrogen and oxygen atoms in total. The average Bonchev–Trinajstić information content (AvgIpc) is 2.69. The number of hydrogen-bond acceptors (Lipinski definition) is 2. The average molecular weight is 533 g/mol. The van der Waals surface area contributed by atoms with Gasteiger partial charge in [0.05, 0.1) is 0 Å². The molecule has 8 saturated carbocycles. The van der Waals surface area contributed by atoms with E-state index in [2.05, 4.69) is 49.0 Å². The Bertz CT molecular complexity index is 1200. The number of hydrogen-bond donors (Lipinski definition) is 4. The standard InChI is InChI=1S/C33H48N4O2/c1-21-6-7-24(34-26(38)36-32-13-22-9-28(2,17-32)15-29(3,10-22)18-32)8-25(21)35-27(39)37-33-14-23-11-30(4,19-33)16-31(5,12-23)20-33/h6-8,22-23H,9-20H2,1-5H3,(H2,34,36,38)(H2,35,37,39)/t22?,23?,28-,29-,30-,31+,32?,33?/m1/s1. The first-order valence-corrected chi connectivity index (χ1v) is 15.5. The van der Waals surface area contributed by atoms with Crippen molar-refractivity contribution in [1.82, 2.24) is 10.6 Å². The van der Waals surface area contributed by atoms with E-state index in [-0.39, 0.29) is 23.1 Å². The van der Waals surface area contributed by atoms with Crippen molar-refractivity contribution in [2.24, 2.45) is 33.5 Å². The number of rotatable bonds is 4. The van der Waals surface area contributed by atoms with Gasteiger partial charge < -0.3 is 21.3 Å². The van der Waals surface area contributed by atoms with Gasteiger partial charge in [0.1, 0.15) is 0 Å². The summed E-state index contributed by atoms with van der Waals surface area (Å²) in [6.07, 6.45) is 14.4. The first-order chi connectivity index (χ1) is 18.2. The van der Waals surface area contributed by atoms with Crippen LogP contribution in [0.5, 0.6) is 0 Å². The van der Waals surface area contributed by atoms with Crippen molar-refractivity contribution in [1.29, 1.82) is 0 Å². The van der Waals surface area contributed by atoms with Crippen LogP contribution in [0.25, 0.3) is 0 Å². The molecule has 0 radical (unpaired) electrons. The quantitative estimate of drug-likeness (QED) is 0.320. The molecule has 9 rings (SSSR count). The number of benzene rings is 1. The Kier molecular flexibility index (Phi) is 5.24. The molecule has 4 amide bonds. The Morgan fingerprint density at radius 1 is 0.641 bits per heavy atom.